The Balaban J connectivity index is 1.65. The van der Waals surface area contributed by atoms with E-state index in [0.717, 1.165) is 10.9 Å². The summed E-state index contributed by atoms with van der Waals surface area (Å²) in [5.74, 6) is -0.400. The fourth-order valence-corrected chi connectivity index (χ4v) is 3.20. The highest BCUT2D eigenvalue weighted by Crippen LogP contribution is 2.22. The second-order valence-corrected chi connectivity index (χ2v) is 6.75. The van der Waals surface area contributed by atoms with Crippen molar-refractivity contribution in [3.8, 4) is 6.07 Å². The van der Waals surface area contributed by atoms with Crippen LogP contribution in [-0.2, 0) is 13.1 Å². The lowest BCUT2D eigenvalue weighted by Crippen LogP contribution is -2.29. The molecule has 0 unspecified atom stereocenters. The third-order valence-electron chi connectivity index (χ3n) is 4.64. The van der Waals surface area contributed by atoms with Gasteiger partial charge in [-0.15, -0.1) is 0 Å². The molecule has 0 aliphatic heterocycles. The molecule has 0 saturated heterocycles. The number of rotatable bonds is 5. The zero-order valence-electron chi connectivity index (χ0n) is 15.5. The van der Waals surface area contributed by atoms with Crippen molar-refractivity contribution in [3.63, 3.8) is 0 Å². The number of amides is 1. The first kappa shape index (κ1) is 18.5. The number of fused-ring (bicyclic) bond motifs is 1. The SMILES string of the molecule is N#Cc1ccc(CN(Cc2cccc(F)c2)C(=O)c2cc3ccccc3o2)cc1. The van der Waals surface area contributed by atoms with Gasteiger partial charge in [0.25, 0.3) is 5.91 Å². The molecule has 0 radical (unpaired) electrons. The van der Waals surface area contributed by atoms with E-state index in [4.69, 9.17) is 9.68 Å². The quantitative estimate of drug-likeness (QED) is 0.470. The van der Waals surface area contributed by atoms with Crippen LogP contribution >= 0.6 is 0 Å². The molecule has 3 aromatic carbocycles. The van der Waals surface area contributed by atoms with Crippen molar-refractivity contribution in [2.45, 2.75) is 13.1 Å². The lowest BCUT2D eigenvalue weighted by molar-refractivity contribution is 0.0700. The van der Waals surface area contributed by atoms with Crippen LogP contribution in [0.1, 0.15) is 27.2 Å². The topological polar surface area (TPSA) is 57.2 Å². The van der Waals surface area contributed by atoms with Gasteiger partial charge in [-0.2, -0.15) is 5.26 Å². The first-order valence-corrected chi connectivity index (χ1v) is 9.14. The van der Waals surface area contributed by atoms with Gasteiger partial charge in [-0.25, -0.2) is 4.39 Å². The molecule has 0 aliphatic carbocycles. The third-order valence-corrected chi connectivity index (χ3v) is 4.64. The van der Waals surface area contributed by atoms with E-state index in [2.05, 4.69) is 6.07 Å². The van der Waals surface area contributed by atoms with Gasteiger partial charge in [-0.3, -0.25) is 4.79 Å². The van der Waals surface area contributed by atoms with Crippen LogP contribution in [0.3, 0.4) is 0 Å². The van der Waals surface area contributed by atoms with E-state index in [-0.39, 0.29) is 24.0 Å². The Morgan fingerprint density at radius 2 is 1.69 bits per heavy atom. The van der Waals surface area contributed by atoms with Crippen LogP contribution in [0.4, 0.5) is 4.39 Å². The fourth-order valence-electron chi connectivity index (χ4n) is 3.20. The molecule has 5 heteroatoms. The van der Waals surface area contributed by atoms with E-state index >= 15 is 0 Å². The van der Waals surface area contributed by atoms with Crippen molar-refractivity contribution in [2.24, 2.45) is 0 Å². The monoisotopic (exact) mass is 384 g/mol. The van der Waals surface area contributed by atoms with Crippen LogP contribution in [0.2, 0.25) is 0 Å². The molecule has 0 N–H and O–H groups in total. The largest absolute Gasteiger partial charge is 0.451 e. The van der Waals surface area contributed by atoms with Crippen LogP contribution in [-0.4, -0.2) is 10.8 Å². The maximum Gasteiger partial charge on any atom is 0.290 e. The van der Waals surface area contributed by atoms with E-state index in [1.807, 2.05) is 36.4 Å². The van der Waals surface area contributed by atoms with E-state index in [1.165, 1.54) is 12.1 Å². The second-order valence-electron chi connectivity index (χ2n) is 6.75. The molecule has 1 heterocycles. The molecule has 1 amide bonds. The van der Waals surface area contributed by atoms with Gasteiger partial charge >= 0.3 is 0 Å². The van der Waals surface area contributed by atoms with Crippen LogP contribution in [0.25, 0.3) is 11.0 Å². The van der Waals surface area contributed by atoms with Gasteiger partial charge in [0, 0.05) is 18.5 Å². The summed E-state index contributed by atoms with van der Waals surface area (Å²) in [6.07, 6.45) is 0. The Kier molecular flexibility index (Phi) is 5.08. The number of nitrogens with zero attached hydrogens (tertiary/aromatic N) is 2. The molecular formula is C24H17FN2O2. The molecule has 0 saturated carbocycles. The highest BCUT2D eigenvalue weighted by Gasteiger charge is 2.21. The fraction of sp³-hybridized carbons (Fsp3) is 0.0833. The van der Waals surface area contributed by atoms with Gasteiger partial charge in [0.05, 0.1) is 11.6 Å². The number of para-hydroxylation sites is 1. The predicted octanol–water partition coefficient (Wildman–Crippen LogP) is 5.29. The second kappa shape index (κ2) is 7.99. The van der Waals surface area contributed by atoms with Crippen molar-refractivity contribution >= 4 is 16.9 Å². The Hall–Kier alpha value is -3.91. The normalized spacial score (nSPS) is 10.6. The molecule has 0 spiro atoms. The van der Waals surface area contributed by atoms with Gasteiger partial charge < -0.3 is 9.32 Å². The number of hydrogen-bond donors (Lipinski definition) is 0. The lowest BCUT2D eigenvalue weighted by Gasteiger charge is -2.22. The Bertz CT molecular complexity index is 1170. The zero-order chi connectivity index (χ0) is 20.2. The highest BCUT2D eigenvalue weighted by molar-refractivity contribution is 5.96. The first-order valence-electron chi connectivity index (χ1n) is 9.14. The Morgan fingerprint density at radius 3 is 2.41 bits per heavy atom. The number of hydrogen-bond acceptors (Lipinski definition) is 3. The molecule has 1 aromatic heterocycles. The summed E-state index contributed by atoms with van der Waals surface area (Å²) in [6.45, 7) is 0.533. The summed E-state index contributed by atoms with van der Waals surface area (Å²) in [6, 6.07) is 24.4. The number of nitriles is 1. The molecule has 0 aliphatic rings. The van der Waals surface area contributed by atoms with Crippen LogP contribution in [0.5, 0.6) is 0 Å². The molecule has 0 atom stereocenters. The van der Waals surface area contributed by atoms with E-state index < -0.39 is 0 Å². The smallest absolute Gasteiger partial charge is 0.290 e. The van der Waals surface area contributed by atoms with Crippen LogP contribution in [0.15, 0.2) is 83.3 Å². The van der Waals surface area contributed by atoms with Gasteiger partial charge in [0.2, 0.25) is 0 Å². The summed E-state index contributed by atoms with van der Waals surface area (Å²) in [5, 5.41) is 9.82. The number of benzene rings is 3. The summed E-state index contributed by atoms with van der Waals surface area (Å²) < 4.78 is 19.4. The average Bonchev–Trinajstić information content (AvgIpc) is 3.17. The van der Waals surface area contributed by atoms with Crippen molar-refractivity contribution in [2.75, 3.05) is 0 Å². The minimum absolute atomic E-state index is 0.230. The van der Waals surface area contributed by atoms with E-state index in [0.29, 0.717) is 23.3 Å². The van der Waals surface area contributed by atoms with Crippen molar-refractivity contribution < 1.29 is 13.6 Å². The minimum Gasteiger partial charge on any atom is -0.451 e. The lowest BCUT2D eigenvalue weighted by atomic mass is 10.1. The van der Waals surface area contributed by atoms with Crippen LogP contribution in [0, 0.1) is 17.1 Å². The molecule has 0 bridgehead atoms. The third kappa shape index (κ3) is 4.17. The van der Waals surface area contributed by atoms with Crippen molar-refractivity contribution in [1.82, 2.24) is 4.90 Å². The summed E-state index contributed by atoms with van der Waals surface area (Å²) in [7, 11) is 0. The van der Waals surface area contributed by atoms with E-state index in [1.54, 1.807) is 35.2 Å². The molecule has 0 fully saturated rings. The van der Waals surface area contributed by atoms with Crippen molar-refractivity contribution in [3.05, 3.63) is 107 Å². The van der Waals surface area contributed by atoms with Crippen LogP contribution < -0.4 is 0 Å². The summed E-state index contributed by atoms with van der Waals surface area (Å²) in [5.41, 5.74) is 2.74. The summed E-state index contributed by atoms with van der Waals surface area (Å²) >= 11 is 0. The highest BCUT2D eigenvalue weighted by atomic mass is 19.1. The molecule has 142 valence electrons. The molecule has 4 nitrogen and oxygen atoms in total. The van der Waals surface area contributed by atoms with Crippen molar-refractivity contribution in [1.29, 1.82) is 5.26 Å². The van der Waals surface area contributed by atoms with Gasteiger partial charge in [-0.05, 0) is 47.5 Å². The standard InChI is InChI=1S/C24H17FN2O2/c25-21-6-3-4-19(12-21)16-27(15-18-10-8-17(14-26)9-11-18)24(28)23-13-20-5-1-2-7-22(20)29-23/h1-13H,15-16H2. The van der Waals surface area contributed by atoms with Gasteiger partial charge in [0.1, 0.15) is 11.4 Å². The number of carbonyl (C=O) groups excluding carboxylic acids is 1. The zero-order valence-corrected chi connectivity index (χ0v) is 15.5. The summed E-state index contributed by atoms with van der Waals surface area (Å²) in [4.78, 5) is 14.8. The van der Waals surface area contributed by atoms with Gasteiger partial charge in [-0.1, -0.05) is 42.5 Å². The molecule has 4 rings (SSSR count). The van der Waals surface area contributed by atoms with Gasteiger partial charge in [0.15, 0.2) is 5.76 Å². The number of halogens is 1. The molecular weight excluding hydrogens is 367 g/mol. The predicted molar refractivity (Wildman–Crippen MR) is 107 cm³/mol. The molecule has 29 heavy (non-hydrogen) atoms. The Labute approximate surface area is 167 Å². The molecule has 4 aromatic rings. The minimum atomic E-state index is -0.350. The number of furan rings is 1. The van der Waals surface area contributed by atoms with E-state index in [9.17, 15) is 9.18 Å². The Morgan fingerprint density at radius 1 is 0.931 bits per heavy atom. The first-order chi connectivity index (χ1) is 14.1. The maximum absolute atomic E-state index is 13.6. The maximum atomic E-state index is 13.6. The number of carbonyl (C=O) groups is 1. The average molecular weight is 384 g/mol.